The molecular weight excluding hydrogens is 270 g/mol. The Morgan fingerprint density at radius 1 is 1.43 bits per heavy atom. The molecule has 1 fully saturated rings. The first-order chi connectivity index (χ1) is 10.1. The van der Waals surface area contributed by atoms with Crippen molar-refractivity contribution in [1.82, 2.24) is 4.90 Å². The molecule has 1 aliphatic rings. The third-order valence-corrected chi connectivity index (χ3v) is 3.67. The van der Waals surface area contributed by atoms with Crippen LogP contribution in [-0.2, 0) is 9.53 Å². The zero-order valence-corrected chi connectivity index (χ0v) is 12.7. The van der Waals surface area contributed by atoms with Crippen LogP contribution in [0.25, 0.3) is 0 Å². The summed E-state index contributed by atoms with van der Waals surface area (Å²) in [5.41, 5.74) is 2.16. The zero-order valence-electron chi connectivity index (χ0n) is 12.7. The highest BCUT2D eigenvalue weighted by Crippen LogP contribution is 2.22. The van der Waals surface area contributed by atoms with Crippen molar-refractivity contribution in [2.45, 2.75) is 26.4 Å². The number of aryl methyl sites for hydroxylation is 2. The van der Waals surface area contributed by atoms with Crippen LogP contribution in [-0.4, -0.2) is 54.9 Å². The summed E-state index contributed by atoms with van der Waals surface area (Å²) in [5, 5.41) is 9.09. The first kappa shape index (κ1) is 15.8. The van der Waals surface area contributed by atoms with E-state index >= 15 is 0 Å². The average molecular weight is 293 g/mol. The quantitative estimate of drug-likeness (QED) is 0.889. The second-order valence-electron chi connectivity index (χ2n) is 5.33. The number of para-hydroxylation sites is 1. The molecule has 21 heavy (non-hydrogen) atoms. The molecule has 116 valence electrons. The summed E-state index contributed by atoms with van der Waals surface area (Å²) < 4.78 is 11.1. The monoisotopic (exact) mass is 293 g/mol. The Morgan fingerprint density at radius 2 is 2.14 bits per heavy atom. The maximum atomic E-state index is 12.1. The van der Waals surface area contributed by atoms with Gasteiger partial charge in [-0.15, -0.1) is 0 Å². The number of hydrogen-bond acceptors (Lipinski definition) is 4. The molecule has 1 unspecified atom stereocenters. The first-order valence-corrected chi connectivity index (χ1v) is 7.31. The van der Waals surface area contributed by atoms with Crippen molar-refractivity contribution in [2.24, 2.45) is 0 Å². The second kappa shape index (κ2) is 7.43. The number of nitrogens with zero attached hydrogens (tertiary/aromatic N) is 1. The molecule has 0 radical (unpaired) electrons. The number of aliphatic hydroxyl groups is 1. The van der Waals surface area contributed by atoms with Gasteiger partial charge in [0, 0.05) is 13.1 Å². The number of carbonyl (C=O) groups is 1. The molecule has 1 saturated heterocycles. The summed E-state index contributed by atoms with van der Waals surface area (Å²) in [6.07, 6.45) is 0.0774. The maximum absolute atomic E-state index is 12.1. The van der Waals surface area contributed by atoms with Gasteiger partial charge in [0.2, 0.25) is 5.91 Å². The lowest BCUT2D eigenvalue weighted by Crippen LogP contribution is -2.47. The van der Waals surface area contributed by atoms with E-state index in [4.69, 9.17) is 14.6 Å². The normalized spacial score (nSPS) is 18.6. The lowest BCUT2D eigenvalue weighted by atomic mass is 10.1. The molecule has 1 aliphatic heterocycles. The molecule has 5 nitrogen and oxygen atoms in total. The van der Waals surface area contributed by atoms with Gasteiger partial charge in [0.25, 0.3) is 0 Å². The molecule has 0 bridgehead atoms. The molecule has 1 heterocycles. The van der Waals surface area contributed by atoms with E-state index < -0.39 is 0 Å². The topological polar surface area (TPSA) is 59.0 Å². The largest absolute Gasteiger partial charge is 0.493 e. The number of morpholine rings is 1. The average Bonchev–Trinajstić information content (AvgIpc) is 2.50. The molecule has 0 aliphatic carbocycles. The highest BCUT2D eigenvalue weighted by atomic mass is 16.5. The van der Waals surface area contributed by atoms with Crippen molar-refractivity contribution < 1.29 is 19.4 Å². The predicted molar refractivity (Wildman–Crippen MR) is 79.4 cm³/mol. The molecule has 0 spiro atoms. The fourth-order valence-corrected chi connectivity index (χ4v) is 2.48. The smallest absolute Gasteiger partial charge is 0.226 e. The van der Waals surface area contributed by atoms with Gasteiger partial charge in [-0.25, -0.2) is 0 Å². The van der Waals surface area contributed by atoms with Crippen LogP contribution in [0.1, 0.15) is 17.5 Å². The Labute approximate surface area is 125 Å². The second-order valence-corrected chi connectivity index (χ2v) is 5.33. The van der Waals surface area contributed by atoms with Gasteiger partial charge in [0.1, 0.15) is 5.75 Å². The fraction of sp³-hybridized carbons (Fsp3) is 0.562. The summed E-state index contributed by atoms with van der Waals surface area (Å²) in [6.45, 7) is 5.83. The first-order valence-electron chi connectivity index (χ1n) is 7.31. The van der Waals surface area contributed by atoms with Gasteiger partial charge in [-0.05, 0) is 25.0 Å². The standard InChI is InChI=1S/C16H23NO4/c1-12-4-3-5-13(2)16(12)21-8-6-15(19)17-7-9-20-14(10-17)11-18/h3-5,14,18H,6-11H2,1-2H3. The van der Waals surface area contributed by atoms with Crippen LogP contribution >= 0.6 is 0 Å². The number of rotatable bonds is 5. The molecule has 1 aromatic rings. The third kappa shape index (κ3) is 4.19. The summed E-state index contributed by atoms with van der Waals surface area (Å²) >= 11 is 0. The molecule has 0 aromatic heterocycles. The van der Waals surface area contributed by atoms with Crippen LogP contribution in [0.15, 0.2) is 18.2 Å². The number of aliphatic hydroxyl groups excluding tert-OH is 1. The van der Waals surface area contributed by atoms with E-state index in [0.717, 1.165) is 16.9 Å². The van der Waals surface area contributed by atoms with Gasteiger partial charge < -0.3 is 19.5 Å². The van der Waals surface area contributed by atoms with Crippen molar-refractivity contribution >= 4 is 5.91 Å². The third-order valence-electron chi connectivity index (χ3n) is 3.67. The molecule has 1 aromatic carbocycles. The highest BCUT2D eigenvalue weighted by molar-refractivity contribution is 5.76. The van der Waals surface area contributed by atoms with Crippen molar-refractivity contribution in [3.63, 3.8) is 0 Å². The minimum atomic E-state index is -0.262. The molecule has 5 heteroatoms. The summed E-state index contributed by atoms with van der Waals surface area (Å²) in [4.78, 5) is 13.9. The van der Waals surface area contributed by atoms with E-state index in [1.165, 1.54) is 0 Å². The lowest BCUT2D eigenvalue weighted by Gasteiger charge is -2.32. The Morgan fingerprint density at radius 3 is 2.81 bits per heavy atom. The molecular formula is C16H23NO4. The van der Waals surface area contributed by atoms with Gasteiger partial charge in [0.05, 0.1) is 32.3 Å². The van der Waals surface area contributed by atoms with Crippen LogP contribution in [0, 0.1) is 13.8 Å². The van der Waals surface area contributed by atoms with Gasteiger partial charge in [0.15, 0.2) is 0 Å². The Balaban J connectivity index is 1.81. The van der Waals surface area contributed by atoms with E-state index in [2.05, 4.69) is 0 Å². The number of hydrogen-bond donors (Lipinski definition) is 1. The SMILES string of the molecule is Cc1cccc(C)c1OCCC(=O)N1CCOC(CO)C1. The van der Waals surface area contributed by atoms with Crippen LogP contribution in [0.5, 0.6) is 5.75 Å². The van der Waals surface area contributed by atoms with Gasteiger partial charge in [-0.2, -0.15) is 0 Å². The van der Waals surface area contributed by atoms with Crippen LogP contribution in [0.2, 0.25) is 0 Å². The van der Waals surface area contributed by atoms with E-state index in [1.54, 1.807) is 4.90 Å². The Hall–Kier alpha value is -1.59. The molecule has 0 saturated carbocycles. The van der Waals surface area contributed by atoms with Crippen LogP contribution in [0.3, 0.4) is 0 Å². The maximum Gasteiger partial charge on any atom is 0.226 e. The lowest BCUT2D eigenvalue weighted by molar-refractivity contribution is -0.140. The molecule has 1 atom stereocenters. The summed E-state index contributed by atoms with van der Waals surface area (Å²) in [5.74, 6) is 0.906. The van der Waals surface area contributed by atoms with Gasteiger partial charge >= 0.3 is 0 Å². The molecule has 1 amide bonds. The van der Waals surface area contributed by atoms with Crippen molar-refractivity contribution in [1.29, 1.82) is 0 Å². The van der Waals surface area contributed by atoms with E-state index in [-0.39, 0.29) is 18.6 Å². The zero-order chi connectivity index (χ0) is 15.2. The van der Waals surface area contributed by atoms with E-state index in [9.17, 15) is 4.79 Å². The van der Waals surface area contributed by atoms with E-state index in [0.29, 0.717) is 32.7 Å². The number of ether oxygens (including phenoxy) is 2. The van der Waals surface area contributed by atoms with Crippen molar-refractivity contribution in [2.75, 3.05) is 32.9 Å². The number of carbonyl (C=O) groups excluding carboxylic acids is 1. The van der Waals surface area contributed by atoms with E-state index in [1.807, 2.05) is 32.0 Å². The van der Waals surface area contributed by atoms with Crippen LogP contribution < -0.4 is 4.74 Å². The molecule has 1 N–H and O–H groups in total. The number of benzene rings is 1. The van der Waals surface area contributed by atoms with Crippen molar-refractivity contribution in [3.05, 3.63) is 29.3 Å². The minimum absolute atomic E-state index is 0.0444. The summed E-state index contributed by atoms with van der Waals surface area (Å²) in [6, 6.07) is 5.99. The Kier molecular flexibility index (Phi) is 5.59. The molecule has 2 rings (SSSR count). The van der Waals surface area contributed by atoms with Gasteiger partial charge in [-0.3, -0.25) is 4.79 Å². The fourth-order valence-electron chi connectivity index (χ4n) is 2.48. The van der Waals surface area contributed by atoms with Crippen LogP contribution in [0.4, 0.5) is 0 Å². The number of amides is 1. The Bertz CT molecular complexity index is 469. The highest BCUT2D eigenvalue weighted by Gasteiger charge is 2.23. The minimum Gasteiger partial charge on any atom is -0.493 e. The summed E-state index contributed by atoms with van der Waals surface area (Å²) in [7, 11) is 0. The predicted octanol–water partition coefficient (Wildman–Crippen LogP) is 1.29. The van der Waals surface area contributed by atoms with Crippen molar-refractivity contribution in [3.8, 4) is 5.75 Å². The van der Waals surface area contributed by atoms with Gasteiger partial charge in [-0.1, -0.05) is 18.2 Å².